The van der Waals surface area contributed by atoms with Gasteiger partial charge in [0.25, 0.3) is 0 Å². The van der Waals surface area contributed by atoms with Gasteiger partial charge < -0.3 is 4.57 Å². The van der Waals surface area contributed by atoms with E-state index < -0.39 is 11.7 Å². The van der Waals surface area contributed by atoms with Crippen LogP contribution in [0, 0.1) is 0 Å². The first kappa shape index (κ1) is 15.5. The van der Waals surface area contributed by atoms with Gasteiger partial charge in [0.15, 0.2) is 0 Å². The van der Waals surface area contributed by atoms with E-state index in [0.717, 1.165) is 28.2 Å². The van der Waals surface area contributed by atoms with Crippen molar-refractivity contribution in [1.29, 1.82) is 0 Å². The standard InChI is InChI=1S/C21H14F3N/c22-21(23,24)17-11-5-7-13-19(17)25-18-12-6-4-10-16(18)14-20(25)15-8-2-1-3-9-15/h1-14H. The molecule has 0 aliphatic rings. The topological polar surface area (TPSA) is 4.93 Å². The van der Waals surface area contributed by atoms with E-state index in [1.54, 1.807) is 10.6 Å². The molecule has 1 aromatic heterocycles. The number of rotatable bonds is 2. The number of nitrogens with zero attached hydrogens (tertiary/aromatic N) is 1. The molecular weight excluding hydrogens is 323 g/mol. The summed E-state index contributed by atoms with van der Waals surface area (Å²) in [5.41, 5.74) is 1.84. The van der Waals surface area contributed by atoms with E-state index in [4.69, 9.17) is 0 Å². The molecule has 3 aromatic carbocycles. The van der Waals surface area contributed by atoms with Crippen LogP contribution >= 0.6 is 0 Å². The van der Waals surface area contributed by atoms with Crippen molar-refractivity contribution < 1.29 is 13.2 Å². The first-order valence-corrected chi connectivity index (χ1v) is 7.88. The highest BCUT2D eigenvalue weighted by Gasteiger charge is 2.34. The number of halogens is 3. The molecule has 0 saturated heterocycles. The molecule has 0 aliphatic heterocycles. The molecule has 0 fully saturated rings. The Kier molecular flexibility index (Phi) is 3.61. The lowest BCUT2D eigenvalue weighted by molar-refractivity contribution is -0.137. The van der Waals surface area contributed by atoms with Gasteiger partial charge in [0.2, 0.25) is 0 Å². The number of aromatic nitrogens is 1. The maximum absolute atomic E-state index is 13.6. The van der Waals surface area contributed by atoms with Gasteiger partial charge in [-0.25, -0.2) is 0 Å². The van der Waals surface area contributed by atoms with Gasteiger partial charge in [-0.3, -0.25) is 0 Å². The van der Waals surface area contributed by atoms with E-state index in [2.05, 4.69) is 0 Å². The van der Waals surface area contributed by atoms with Crippen LogP contribution in [-0.4, -0.2) is 4.57 Å². The second-order valence-corrected chi connectivity index (χ2v) is 5.80. The average Bonchev–Trinajstić information content (AvgIpc) is 3.01. The average molecular weight is 337 g/mol. The van der Waals surface area contributed by atoms with Gasteiger partial charge in [-0.1, -0.05) is 60.7 Å². The molecule has 1 heterocycles. The summed E-state index contributed by atoms with van der Waals surface area (Å²) in [5, 5.41) is 0.901. The van der Waals surface area contributed by atoms with Gasteiger partial charge in [-0.2, -0.15) is 13.2 Å². The lowest BCUT2D eigenvalue weighted by Crippen LogP contribution is -2.11. The van der Waals surface area contributed by atoms with E-state index in [-0.39, 0.29) is 5.69 Å². The first-order chi connectivity index (χ1) is 12.1. The molecule has 4 rings (SSSR count). The Balaban J connectivity index is 2.09. The number of alkyl halides is 3. The van der Waals surface area contributed by atoms with Crippen LogP contribution in [-0.2, 0) is 6.18 Å². The number of hydrogen-bond donors (Lipinski definition) is 0. The third-order valence-electron chi connectivity index (χ3n) is 4.23. The highest BCUT2D eigenvalue weighted by molar-refractivity contribution is 5.89. The number of fused-ring (bicyclic) bond motifs is 1. The molecule has 0 radical (unpaired) electrons. The van der Waals surface area contributed by atoms with Crippen LogP contribution in [0.3, 0.4) is 0 Å². The van der Waals surface area contributed by atoms with Gasteiger partial charge in [-0.15, -0.1) is 0 Å². The summed E-state index contributed by atoms with van der Waals surface area (Å²) >= 11 is 0. The maximum Gasteiger partial charge on any atom is 0.418 e. The third kappa shape index (κ3) is 2.70. The van der Waals surface area contributed by atoms with Crippen LogP contribution in [0.25, 0.3) is 27.8 Å². The quantitative estimate of drug-likeness (QED) is 0.403. The Hall–Kier alpha value is -3.01. The predicted octanol–water partition coefficient (Wildman–Crippen LogP) is 6.32. The van der Waals surface area contributed by atoms with E-state index in [1.807, 2.05) is 60.7 Å². The van der Waals surface area contributed by atoms with E-state index >= 15 is 0 Å². The zero-order chi connectivity index (χ0) is 17.4. The highest BCUT2D eigenvalue weighted by Crippen LogP contribution is 2.38. The predicted molar refractivity (Wildman–Crippen MR) is 93.7 cm³/mol. The Bertz CT molecular complexity index is 1030. The minimum Gasteiger partial charge on any atom is -0.309 e. The molecule has 4 heteroatoms. The van der Waals surface area contributed by atoms with Crippen LogP contribution in [0.4, 0.5) is 13.2 Å². The van der Waals surface area contributed by atoms with Crippen molar-refractivity contribution in [3.05, 3.63) is 90.5 Å². The molecule has 1 nitrogen and oxygen atoms in total. The molecule has 0 bridgehead atoms. The van der Waals surface area contributed by atoms with Gasteiger partial charge in [0.05, 0.1) is 22.5 Å². The first-order valence-electron chi connectivity index (χ1n) is 7.88. The van der Waals surface area contributed by atoms with Gasteiger partial charge in [0.1, 0.15) is 0 Å². The molecule has 4 aromatic rings. The molecule has 0 aliphatic carbocycles. The normalized spacial score (nSPS) is 11.8. The van der Waals surface area contributed by atoms with Gasteiger partial charge >= 0.3 is 6.18 Å². The maximum atomic E-state index is 13.6. The summed E-state index contributed by atoms with van der Waals surface area (Å²) in [6, 6.07) is 24.6. The largest absolute Gasteiger partial charge is 0.418 e. The monoisotopic (exact) mass is 337 g/mol. The zero-order valence-electron chi connectivity index (χ0n) is 13.2. The van der Waals surface area contributed by atoms with Crippen molar-refractivity contribution in [1.82, 2.24) is 4.57 Å². The molecule has 0 spiro atoms. The molecule has 0 amide bonds. The fourth-order valence-corrected chi connectivity index (χ4v) is 3.14. The molecule has 0 N–H and O–H groups in total. The van der Waals surface area contributed by atoms with Crippen LogP contribution < -0.4 is 0 Å². The minimum atomic E-state index is -4.42. The fraction of sp³-hybridized carbons (Fsp3) is 0.0476. The van der Waals surface area contributed by atoms with Gasteiger partial charge in [-0.05, 0) is 29.8 Å². The summed E-state index contributed by atoms with van der Waals surface area (Å²) in [7, 11) is 0. The van der Waals surface area contributed by atoms with E-state index in [0.29, 0.717) is 0 Å². The second-order valence-electron chi connectivity index (χ2n) is 5.80. The molecule has 124 valence electrons. The Morgan fingerprint density at radius 2 is 1.32 bits per heavy atom. The van der Waals surface area contributed by atoms with Crippen molar-refractivity contribution in [3.8, 4) is 16.9 Å². The lowest BCUT2D eigenvalue weighted by atomic mass is 10.1. The molecule has 0 unspecified atom stereocenters. The van der Waals surface area contributed by atoms with Gasteiger partial charge in [0, 0.05) is 5.39 Å². The Labute approximate surface area is 143 Å². The zero-order valence-corrected chi connectivity index (χ0v) is 13.2. The fourth-order valence-electron chi connectivity index (χ4n) is 3.14. The van der Waals surface area contributed by atoms with Crippen LogP contribution in [0.15, 0.2) is 84.9 Å². The molecule has 0 saturated carbocycles. The summed E-state index contributed by atoms with van der Waals surface area (Å²) in [4.78, 5) is 0. The smallest absolute Gasteiger partial charge is 0.309 e. The summed E-state index contributed by atoms with van der Waals surface area (Å²) in [5.74, 6) is 0. The number of para-hydroxylation sites is 2. The molecule has 0 atom stereocenters. The third-order valence-corrected chi connectivity index (χ3v) is 4.23. The Morgan fingerprint density at radius 1 is 0.680 bits per heavy atom. The highest BCUT2D eigenvalue weighted by atomic mass is 19.4. The van der Waals surface area contributed by atoms with E-state index in [1.165, 1.54) is 12.1 Å². The second kappa shape index (κ2) is 5.81. The summed E-state index contributed by atoms with van der Waals surface area (Å²) in [6.45, 7) is 0. The minimum absolute atomic E-state index is 0.134. The van der Waals surface area contributed by atoms with Crippen molar-refractivity contribution in [3.63, 3.8) is 0 Å². The van der Waals surface area contributed by atoms with Crippen molar-refractivity contribution >= 4 is 10.9 Å². The van der Waals surface area contributed by atoms with Crippen LogP contribution in [0.1, 0.15) is 5.56 Å². The molecule has 25 heavy (non-hydrogen) atoms. The van der Waals surface area contributed by atoms with Crippen LogP contribution in [0.2, 0.25) is 0 Å². The number of benzene rings is 3. The Morgan fingerprint density at radius 3 is 2.08 bits per heavy atom. The van der Waals surface area contributed by atoms with Crippen molar-refractivity contribution in [2.75, 3.05) is 0 Å². The van der Waals surface area contributed by atoms with E-state index in [9.17, 15) is 13.2 Å². The molecular formula is C21H14F3N. The van der Waals surface area contributed by atoms with Crippen molar-refractivity contribution in [2.24, 2.45) is 0 Å². The SMILES string of the molecule is FC(F)(F)c1ccccc1-n1c(-c2ccccc2)cc2ccccc21. The lowest BCUT2D eigenvalue weighted by Gasteiger charge is -2.17. The van der Waals surface area contributed by atoms with Crippen LogP contribution in [0.5, 0.6) is 0 Å². The van der Waals surface area contributed by atoms with Crippen molar-refractivity contribution in [2.45, 2.75) is 6.18 Å². The number of hydrogen-bond acceptors (Lipinski definition) is 0. The summed E-state index contributed by atoms with van der Waals surface area (Å²) < 4.78 is 42.4. The summed E-state index contributed by atoms with van der Waals surface area (Å²) in [6.07, 6.45) is -4.42.